The molecule has 1 saturated heterocycles. The number of hydrogen-bond acceptors (Lipinski definition) is 12. The van der Waals surface area contributed by atoms with Crippen molar-refractivity contribution in [1.29, 1.82) is 0 Å². The lowest BCUT2D eigenvalue weighted by molar-refractivity contribution is -0.150. The van der Waals surface area contributed by atoms with Crippen molar-refractivity contribution in [1.82, 2.24) is 20.5 Å². The molecule has 0 radical (unpaired) electrons. The molecule has 4 rings (SSSR count). The van der Waals surface area contributed by atoms with Crippen LogP contribution in [0.2, 0.25) is 0 Å². The number of pyridine rings is 1. The third-order valence-electron chi connectivity index (χ3n) is 8.14. The predicted octanol–water partition coefficient (Wildman–Crippen LogP) is 4.07. The van der Waals surface area contributed by atoms with E-state index in [1.54, 1.807) is 36.5 Å². The number of nitrogens with zero attached hydrogens (tertiary/aromatic N) is 2. The zero-order valence-electron chi connectivity index (χ0n) is 32.8. The van der Waals surface area contributed by atoms with Gasteiger partial charge in [0.2, 0.25) is 5.91 Å². The van der Waals surface area contributed by atoms with Crippen molar-refractivity contribution >= 4 is 81.0 Å². The van der Waals surface area contributed by atoms with Crippen LogP contribution in [-0.4, -0.2) is 95.8 Å². The molecule has 0 saturated carbocycles. The minimum atomic E-state index is -0.848. The van der Waals surface area contributed by atoms with Crippen LogP contribution in [0.4, 0.5) is 15.4 Å². The van der Waals surface area contributed by atoms with Crippen molar-refractivity contribution in [2.45, 2.75) is 50.9 Å². The molecule has 2 atom stereocenters. The van der Waals surface area contributed by atoms with E-state index in [0.717, 1.165) is 16.7 Å². The number of ether oxygens (including phenoxy) is 4. The van der Waals surface area contributed by atoms with Gasteiger partial charge in [-0.2, -0.15) is 0 Å². The second-order valence-electron chi connectivity index (χ2n) is 12.1. The smallest absolute Gasteiger partial charge is 0.408 e. The standard InChI is InChI=1S/C39H42N6O9.2CH3I/c1-51-36(47)20-31-18-27(8-4-14-53-38(49)43-24-30-10-12-34(41)42-23-30)17-28(19-31)9-5-15-54-39(50)44-32-21-33(37(48)52-2)45(25-32)35(46)13-11-26-6-3-7-29(16-26)22-40;2*1-2/h3,6-7,10,12,16-19,23,32-33H,11,13-15,20-22,24-25,40H2,1-2H3,(H2,41,42)(H,43,49)(H,44,50);2*1H3. The Labute approximate surface area is 366 Å². The van der Waals surface area contributed by atoms with Crippen LogP contribution in [0.25, 0.3) is 0 Å². The Hall–Kier alpha value is -5.12. The highest BCUT2D eigenvalue weighted by Crippen LogP contribution is 2.21. The number of nitrogen functional groups attached to an aromatic ring is 1. The first-order chi connectivity index (χ1) is 28.1. The summed E-state index contributed by atoms with van der Waals surface area (Å²) < 4.78 is 20.1. The first kappa shape index (κ1) is 49.0. The number of benzene rings is 2. The van der Waals surface area contributed by atoms with Gasteiger partial charge in [0, 0.05) is 49.8 Å². The number of alkyl halides is 2. The van der Waals surface area contributed by atoms with Gasteiger partial charge in [0.05, 0.1) is 26.7 Å². The van der Waals surface area contributed by atoms with Crippen LogP contribution < -0.4 is 22.1 Å². The van der Waals surface area contributed by atoms with Crippen molar-refractivity contribution in [3.63, 3.8) is 0 Å². The Morgan fingerprint density at radius 3 is 2.10 bits per heavy atom. The molecule has 1 aliphatic rings. The van der Waals surface area contributed by atoms with Crippen molar-refractivity contribution < 1.29 is 42.9 Å². The fraction of sp³-hybridized carbons (Fsp3) is 0.366. The predicted molar refractivity (Wildman–Crippen MR) is 236 cm³/mol. The average Bonchev–Trinajstić information content (AvgIpc) is 3.67. The maximum Gasteiger partial charge on any atom is 0.408 e. The van der Waals surface area contributed by atoms with Gasteiger partial charge in [-0.25, -0.2) is 19.4 Å². The number of esters is 2. The largest absolute Gasteiger partial charge is 0.469 e. The molecule has 1 aromatic heterocycles. The second-order valence-corrected chi connectivity index (χ2v) is 12.1. The Balaban J connectivity index is 0.00000281. The molecule has 0 bridgehead atoms. The maximum absolute atomic E-state index is 13.2. The van der Waals surface area contributed by atoms with E-state index in [-0.39, 0.29) is 51.5 Å². The molecular formula is C41H48I2N6O9. The summed E-state index contributed by atoms with van der Waals surface area (Å²) in [4.78, 5) is 71.6. The third-order valence-corrected chi connectivity index (χ3v) is 8.14. The summed E-state index contributed by atoms with van der Waals surface area (Å²) in [5.41, 5.74) is 15.5. The summed E-state index contributed by atoms with van der Waals surface area (Å²) in [7, 11) is 2.53. The van der Waals surface area contributed by atoms with E-state index in [4.69, 9.17) is 30.4 Å². The normalized spacial score (nSPS) is 13.5. The number of hydrogen-bond donors (Lipinski definition) is 4. The summed E-state index contributed by atoms with van der Waals surface area (Å²) in [6.45, 7) is 0.219. The first-order valence-electron chi connectivity index (χ1n) is 17.7. The number of amides is 3. The summed E-state index contributed by atoms with van der Waals surface area (Å²) in [5.74, 6) is 10.4. The fourth-order valence-electron chi connectivity index (χ4n) is 5.51. The van der Waals surface area contributed by atoms with Gasteiger partial charge in [-0.3, -0.25) is 9.59 Å². The van der Waals surface area contributed by atoms with E-state index in [0.29, 0.717) is 35.5 Å². The van der Waals surface area contributed by atoms with Crippen molar-refractivity contribution in [3.05, 3.63) is 94.2 Å². The average molecular weight is 1020 g/mol. The molecule has 310 valence electrons. The van der Waals surface area contributed by atoms with E-state index >= 15 is 0 Å². The van der Waals surface area contributed by atoms with Gasteiger partial charge in [0.15, 0.2) is 13.2 Å². The molecule has 15 nitrogen and oxygen atoms in total. The molecule has 2 heterocycles. The zero-order chi connectivity index (χ0) is 42.9. The molecular weight excluding hydrogens is 974 g/mol. The number of likely N-dealkylation sites (tertiary alicyclic amines) is 1. The van der Waals surface area contributed by atoms with Crippen LogP contribution in [0, 0.1) is 23.7 Å². The lowest BCUT2D eigenvalue weighted by Gasteiger charge is -2.22. The topological polar surface area (TPSA) is 214 Å². The molecule has 0 aliphatic carbocycles. The van der Waals surface area contributed by atoms with Gasteiger partial charge < -0.3 is 45.9 Å². The van der Waals surface area contributed by atoms with Crippen LogP contribution in [0.5, 0.6) is 0 Å². The quantitative estimate of drug-likeness (QED) is 0.0665. The Kier molecular flexibility index (Phi) is 23.2. The van der Waals surface area contributed by atoms with E-state index in [2.05, 4.69) is 84.5 Å². The van der Waals surface area contributed by atoms with Crippen LogP contribution in [-0.2, 0) is 59.3 Å². The minimum Gasteiger partial charge on any atom is -0.469 e. The van der Waals surface area contributed by atoms with Crippen molar-refractivity contribution in [2.24, 2.45) is 5.73 Å². The van der Waals surface area contributed by atoms with Crippen LogP contribution in [0.3, 0.4) is 0 Å². The van der Waals surface area contributed by atoms with Gasteiger partial charge in [-0.05, 0) is 62.8 Å². The number of aromatic nitrogens is 1. The Morgan fingerprint density at radius 1 is 0.845 bits per heavy atom. The lowest BCUT2D eigenvalue weighted by Crippen LogP contribution is -2.42. The molecule has 17 heteroatoms. The molecule has 3 aromatic rings. The lowest BCUT2D eigenvalue weighted by atomic mass is 10.0. The fourth-order valence-corrected chi connectivity index (χ4v) is 5.51. The summed E-state index contributed by atoms with van der Waals surface area (Å²) >= 11 is 4.30. The number of nitrogens with one attached hydrogen (secondary N) is 2. The van der Waals surface area contributed by atoms with Gasteiger partial charge in [0.1, 0.15) is 11.9 Å². The molecule has 0 spiro atoms. The number of methoxy groups -OCH3 is 2. The number of anilines is 1. The molecule has 1 fully saturated rings. The van der Waals surface area contributed by atoms with Gasteiger partial charge in [-0.1, -0.05) is 99.2 Å². The Morgan fingerprint density at radius 2 is 1.50 bits per heavy atom. The monoisotopic (exact) mass is 1020 g/mol. The summed E-state index contributed by atoms with van der Waals surface area (Å²) in [6.07, 6.45) is 0.862. The number of halogens is 2. The number of aryl methyl sites for hydroxylation is 1. The SMILES string of the molecule is CI.CI.COC(=O)Cc1cc(C#CCOC(=O)NCc2ccc(N)nc2)cc(C#CCOC(=O)NC2CC(C(=O)OC)N(C(=O)CCc3cccc(CN)c3)C2)c1. The summed E-state index contributed by atoms with van der Waals surface area (Å²) in [6, 6.07) is 14.6. The number of nitrogens with two attached hydrogens (primary N) is 2. The highest BCUT2D eigenvalue weighted by Gasteiger charge is 2.40. The zero-order valence-corrected chi connectivity index (χ0v) is 37.1. The van der Waals surface area contributed by atoms with E-state index in [1.807, 2.05) is 34.1 Å². The molecule has 1 aliphatic heterocycles. The van der Waals surface area contributed by atoms with Gasteiger partial charge in [-0.15, -0.1) is 0 Å². The second kappa shape index (κ2) is 27.5. The van der Waals surface area contributed by atoms with Crippen molar-refractivity contribution in [3.8, 4) is 23.7 Å². The van der Waals surface area contributed by atoms with Crippen LogP contribution >= 0.6 is 45.2 Å². The number of alkyl carbamates (subject to hydrolysis) is 2. The minimum absolute atomic E-state index is 0.0343. The van der Waals surface area contributed by atoms with E-state index in [9.17, 15) is 24.0 Å². The molecule has 2 aromatic carbocycles. The van der Waals surface area contributed by atoms with Crippen LogP contribution in [0.15, 0.2) is 60.8 Å². The van der Waals surface area contributed by atoms with Gasteiger partial charge >= 0.3 is 24.1 Å². The van der Waals surface area contributed by atoms with E-state index < -0.39 is 36.2 Å². The number of rotatable bonds is 12. The first-order valence-corrected chi connectivity index (χ1v) is 22.0. The summed E-state index contributed by atoms with van der Waals surface area (Å²) in [5, 5.41) is 5.29. The molecule has 58 heavy (non-hydrogen) atoms. The van der Waals surface area contributed by atoms with E-state index in [1.165, 1.54) is 19.1 Å². The highest BCUT2D eigenvalue weighted by atomic mass is 127. The number of carbonyl (C=O) groups is 5. The number of carbonyl (C=O) groups excluding carboxylic acids is 5. The third kappa shape index (κ3) is 17.6. The molecule has 3 amide bonds. The molecule has 2 unspecified atom stereocenters. The highest BCUT2D eigenvalue weighted by molar-refractivity contribution is 14.1. The van der Waals surface area contributed by atoms with Crippen molar-refractivity contribution in [2.75, 3.05) is 49.6 Å². The van der Waals surface area contributed by atoms with Crippen LogP contribution in [0.1, 0.15) is 46.2 Å². The van der Waals surface area contributed by atoms with Gasteiger partial charge in [0.25, 0.3) is 0 Å². The Bertz CT molecular complexity index is 1960. The maximum atomic E-state index is 13.2. The molecule has 6 N–H and O–H groups in total.